The van der Waals surface area contributed by atoms with Crippen molar-refractivity contribution < 1.29 is 20.1 Å². The van der Waals surface area contributed by atoms with Gasteiger partial charge in [-0.05, 0) is 85.2 Å². The second-order valence-electron chi connectivity index (χ2n) is 12.5. The second-order valence-corrected chi connectivity index (χ2v) is 12.5. The highest BCUT2D eigenvalue weighted by Crippen LogP contribution is 2.68. The van der Waals surface area contributed by atoms with Crippen LogP contribution < -0.4 is 0 Å². The summed E-state index contributed by atoms with van der Waals surface area (Å²) in [4.78, 5) is 13.3. The fourth-order valence-electron chi connectivity index (χ4n) is 7.91. The van der Waals surface area contributed by atoms with Gasteiger partial charge in [-0.1, -0.05) is 53.7 Å². The van der Waals surface area contributed by atoms with Crippen molar-refractivity contribution in [2.75, 3.05) is 0 Å². The first-order valence-corrected chi connectivity index (χ1v) is 12.9. The SMILES string of the molecule is CC(C)[C@@H](C)C=C[C@@H](C)[C@H]1CC[C@H]2C3=CC(=O)[C@@]4(O)CC(O)CC[C@]4(C)[C@@]3(O)CC[C@]12C. The van der Waals surface area contributed by atoms with Crippen LogP contribution in [0.5, 0.6) is 0 Å². The number of aliphatic hydroxyl groups is 3. The van der Waals surface area contributed by atoms with Gasteiger partial charge in [0.2, 0.25) is 0 Å². The average molecular weight is 445 g/mol. The van der Waals surface area contributed by atoms with E-state index in [4.69, 9.17) is 0 Å². The highest BCUT2D eigenvalue weighted by atomic mass is 16.3. The van der Waals surface area contributed by atoms with E-state index in [-0.39, 0.29) is 23.5 Å². The molecule has 0 aromatic heterocycles. The van der Waals surface area contributed by atoms with Gasteiger partial charge in [0.15, 0.2) is 5.78 Å². The third-order valence-electron chi connectivity index (χ3n) is 10.7. The number of rotatable bonds is 4. The maximum absolute atomic E-state index is 13.3. The van der Waals surface area contributed by atoms with Crippen molar-refractivity contribution in [1.29, 1.82) is 0 Å². The quantitative estimate of drug-likeness (QED) is 0.543. The molecule has 0 aromatic carbocycles. The number of hydrogen-bond acceptors (Lipinski definition) is 4. The summed E-state index contributed by atoms with van der Waals surface area (Å²) in [6.07, 6.45) is 10.2. The topological polar surface area (TPSA) is 77.8 Å². The molecule has 3 fully saturated rings. The van der Waals surface area contributed by atoms with Gasteiger partial charge in [0, 0.05) is 11.8 Å². The number of ketones is 1. The maximum Gasteiger partial charge on any atom is 0.188 e. The predicted molar refractivity (Wildman–Crippen MR) is 127 cm³/mol. The number of hydrogen-bond donors (Lipinski definition) is 3. The summed E-state index contributed by atoms with van der Waals surface area (Å²) in [5.74, 6) is 2.01. The third kappa shape index (κ3) is 3.15. The van der Waals surface area contributed by atoms with E-state index in [0.717, 1.165) is 24.8 Å². The summed E-state index contributed by atoms with van der Waals surface area (Å²) in [6.45, 7) is 13.4. The van der Waals surface area contributed by atoms with Crippen molar-refractivity contribution >= 4 is 5.78 Å². The zero-order valence-corrected chi connectivity index (χ0v) is 20.9. The number of aliphatic hydroxyl groups excluding tert-OH is 1. The van der Waals surface area contributed by atoms with E-state index in [2.05, 4.69) is 46.8 Å². The Morgan fingerprint density at radius 3 is 2.31 bits per heavy atom. The molecule has 0 bridgehead atoms. The predicted octanol–water partition coefficient (Wildman–Crippen LogP) is 4.82. The van der Waals surface area contributed by atoms with E-state index < -0.39 is 22.7 Å². The molecule has 0 aromatic rings. The third-order valence-corrected chi connectivity index (χ3v) is 10.7. The van der Waals surface area contributed by atoms with Crippen LogP contribution >= 0.6 is 0 Å². The van der Waals surface area contributed by atoms with Gasteiger partial charge in [-0.2, -0.15) is 0 Å². The summed E-state index contributed by atoms with van der Waals surface area (Å²) in [6, 6.07) is 0. The minimum atomic E-state index is -1.68. The van der Waals surface area contributed by atoms with Gasteiger partial charge in [-0.25, -0.2) is 0 Å². The van der Waals surface area contributed by atoms with E-state index in [1.54, 1.807) is 6.08 Å². The van der Waals surface area contributed by atoms with Crippen LogP contribution in [0.2, 0.25) is 0 Å². The first-order chi connectivity index (χ1) is 14.8. The Morgan fingerprint density at radius 1 is 0.969 bits per heavy atom. The molecule has 32 heavy (non-hydrogen) atoms. The number of fused-ring (bicyclic) bond motifs is 5. The van der Waals surface area contributed by atoms with Gasteiger partial charge < -0.3 is 15.3 Å². The highest BCUT2D eigenvalue weighted by molar-refractivity contribution is 6.00. The normalized spacial score (nSPS) is 48.2. The van der Waals surface area contributed by atoms with Crippen LogP contribution in [0.15, 0.2) is 23.8 Å². The van der Waals surface area contributed by atoms with E-state index in [1.807, 2.05) is 6.92 Å². The molecule has 0 amide bonds. The molecule has 4 rings (SSSR count). The largest absolute Gasteiger partial charge is 0.393 e. The number of allylic oxidation sites excluding steroid dienone is 2. The van der Waals surface area contributed by atoms with Crippen LogP contribution in [0.1, 0.15) is 86.5 Å². The standard InChI is InChI=1S/C28H44O4/c1-17(2)18(3)7-8-19(4)21-9-10-22-23-15-24(30)28(32)16-20(29)11-12-26(28,6)27(23,31)14-13-25(21,22)5/h7-8,15,17-22,29,31-32H,9-14,16H2,1-6H3/t18-,19+,20?,21+,22-,25+,26+,27+,28-/m0/s1. The van der Waals surface area contributed by atoms with Crippen LogP contribution in [-0.2, 0) is 4.79 Å². The summed E-state index contributed by atoms with van der Waals surface area (Å²) in [5.41, 5.74) is -2.90. The van der Waals surface area contributed by atoms with Crippen LogP contribution in [0.3, 0.4) is 0 Å². The van der Waals surface area contributed by atoms with Gasteiger partial charge in [0.25, 0.3) is 0 Å². The summed E-state index contributed by atoms with van der Waals surface area (Å²) < 4.78 is 0. The smallest absolute Gasteiger partial charge is 0.188 e. The van der Waals surface area contributed by atoms with Crippen molar-refractivity contribution in [3.8, 4) is 0 Å². The second kappa shape index (κ2) is 7.78. The minimum absolute atomic E-state index is 0.0227. The summed E-state index contributed by atoms with van der Waals surface area (Å²) >= 11 is 0. The Bertz CT molecular complexity index is 829. The molecule has 3 saturated carbocycles. The van der Waals surface area contributed by atoms with Gasteiger partial charge in [-0.3, -0.25) is 4.79 Å². The van der Waals surface area contributed by atoms with Crippen LogP contribution in [0.4, 0.5) is 0 Å². The Hall–Kier alpha value is -0.970. The zero-order chi connectivity index (χ0) is 23.7. The zero-order valence-electron chi connectivity index (χ0n) is 20.9. The van der Waals surface area contributed by atoms with Gasteiger partial charge in [0.05, 0.1) is 11.7 Å². The van der Waals surface area contributed by atoms with E-state index in [0.29, 0.717) is 42.9 Å². The first kappa shape index (κ1) is 24.2. The Morgan fingerprint density at radius 2 is 1.66 bits per heavy atom. The lowest BCUT2D eigenvalue weighted by Crippen LogP contribution is -2.71. The summed E-state index contributed by atoms with van der Waals surface area (Å²) in [7, 11) is 0. The Kier molecular flexibility index (Phi) is 5.88. The molecule has 4 nitrogen and oxygen atoms in total. The number of carbonyl (C=O) groups is 1. The maximum atomic E-state index is 13.3. The lowest BCUT2D eigenvalue weighted by Gasteiger charge is -2.63. The molecule has 0 saturated heterocycles. The fraction of sp³-hybridized carbons (Fsp3) is 0.821. The molecule has 4 heteroatoms. The molecule has 0 radical (unpaired) electrons. The highest BCUT2D eigenvalue weighted by Gasteiger charge is 2.71. The van der Waals surface area contributed by atoms with Crippen molar-refractivity contribution in [1.82, 2.24) is 0 Å². The van der Waals surface area contributed by atoms with Crippen LogP contribution in [-0.4, -0.2) is 38.4 Å². The van der Waals surface area contributed by atoms with Gasteiger partial charge >= 0.3 is 0 Å². The van der Waals surface area contributed by atoms with Gasteiger partial charge in [0.1, 0.15) is 5.60 Å². The summed E-state index contributed by atoms with van der Waals surface area (Å²) in [5, 5.41) is 33.9. The molecule has 0 heterocycles. The molecule has 9 atom stereocenters. The molecule has 3 N–H and O–H groups in total. The monoisotopic (exact) mass is 444 g/mol. The molecule has 1 unspecified atom stereocenters. The molecule has 180 valence electrons. The Balaban J connectivity index is 1.67. The molecule has 4 aliphatic rings. The van der Waals surface area contributed by atoms with E-state index in [9.17, 15) is 20.1 Å². The lowest BCUT2D eigenvalue weighted by atomic mass is 9.43. The lowest BCUT2D eigenvalue weighted by molar-refractivity contribution is -0.223. The van der Waals surface area contributed by atoms with Crippen LogP contribution in [0.25, 0.3) is 0 Å². The molecular weight excluding hydrogens is 400 g/mol. The Labute approximate surface area is 194 Å². The van der Waals surface area contributed by atoms with Crippen molar-refractivity contribution in [3.05, 3.63) is 23.8 Å². The van der Waals surface area contributed by atoms with Gasteiger partial charge in [-0.15, -0.1) is 0 Å². The van der Waals surface area contributed by atoms with Crippen molar-refractivity contribution in [2.45, 2.75) is 104 Å². The van der Waals surface area contributed by atoms with E-state index >= 15 is 0 Å². The molecular formula is C28H44O4. The first-order valence-electron chi connectivity index (χ1n) is 12.9. The minimum Gasteiger partial charge on any atom is -0.393 e. The van der Waals surface area contributed by atoms with Crippen molar-refractivity contribution in [3.63, 3.8) is 0 Å². The molecule has 0 aliphatic heterocycles. The fourth-order valence-corrected chi connectivity index (χ4v) is 7.91. The van der Waals surface area contributed by atoms with Crippen LogP contribution in [0, 0.1) is 40.4 Å². The molecule has 0 spiro atoms. The average Bonchev–Trinajstić information content (AvgIpc) is 3.07. The number of carbonyl (C=O) groups excluding carboxylic acids is 1. The molecule has 4 aliphatic carbocycles. The van der Waals surface area contributed by atoms with Crippen molar-refractivity contribution in [2.24, 2.45) is 40.4 Å². The van der Waals surface area contributed by atoms with E-state index in [1.165, 1.54) is 0 Å².